The zero-order valence-corrected chi connectivity index (χ0v) is 10.3. The molecule has 100 valence electrons. The number of rotatable bonds is 4. The van der Waals surface area contributed by atoms with Crippen molar-refractivity contribution < 1.29 is 13.5 Å². The van der Waals surface area contributed by atoms with Gasteiger partial charge in [0.25, 0.3) is 0 Å². The van der Waals surface area contributed by atoms with Gasteiger partial charge in [0.05, 0.1) is 12.8 Å². The molecule has 1 heterocycles. The molecule has 4 nitrogen and oxygen atoms in total. The fourth-order valence-electron chi connectivity index (χ4n) is 1.55. The van der Waals surface area contributed by atoms with Crippen molar-refractivity contribution in [3.8, 4) is 5.88 Å². The van der Waals surface area contributed by atoms with Crippen molar-refractivity contribution in [1.82, 2.24) is 4.98 Å². The maximum absolute atomic E-state index is 13.4. The highest BCUT2D eigenvalue weighted by molar-refractivity contribution is 5.62. The Morgan fingerprint density at radius 1 is 1.26 bits per heavy atom. The number of aromatic nitrogens is 1. The number of nitrogens with one attached hydrogen (secondary N) is 1. The molecular weight excluding hydrogens is 252 g/mol. The lowest BCUT2D eigenvalue weighted by molar-refractivity contribution is 0.398. The van der Waals surface area contributed by atoms with E-state index in [9.17, 15) is 8.78 Å². The molecule has 1 aromatic carbocycles. The largest absolute Gasteiger partial charge is 0.481 e. The van der Waals surface area contributed by atoms with Gasteiger partial charge in [-0.25, -0.2) is 8.78 Å². The van der Waals surface area contributed by atoms with Crippen molar-refractivity contribution >= 4 is 11.5 Å². The summed E-state index contributed by atoms with van der Waals surface area (Å²) in [5, 5.41) is 2.89. The number of pyridine rings is 1. The average Bonchev–Trinajstić information content (AvgIpc) is 2.39. The molecule has 1 aromatic heterocycles. The molecule has 0 aliphatic heterocycles. The number of nitrogen functional groups attached to an aromatic ring is 1. The number of hydrogen-bond acceptors (Lipinski definition) is 4. The van der Waals surface area contributed by atoms with Crippen LogP contribution in [-0.2, 0) is 6.54 Å². The van der Waals surface area contributed by atoms with Crippen LogP contribution in [0.15, 0.2) is 30.3 Å². The molecule has 0 spiro atoms. The van der Waals surface area contributed by atoms with Gasteiger partial charge in [0.15, 0.2) is 5.82 Å². The van der Waals surface area contributed by atoms with E-state index in [1.165, 1.54) is 19.2 Å². The normalized spacial score (nSPS) is 10.3. The van der Waals surface area contributed by atoms with E-state index in [0.29, 0.717) is 22.9 Å². The van der Waals surface area contributed by atoms with Gasteiger partial charge in [-0.1, -0.05) is 6.07 Å². The zero-order valence-electron chi connectivity index (χ0n) is 10.3. The fraction of sp³-hybridized carbons (Fsp3) is 0.154. The Morgan fingerprint density at radius 2 is 2.05 bits per heavy atom. The predicted octanol–water partition coefficient (Wildman–Crippen LogP) is 2.56. The summed E-state index contributed by atoms with van der Waals surface area (Å²) in [5.74, 6) is -0.436. The topological polar surface area (TPSA) is 60.2 Å². The van der Waals surface area contributed by atoms with E-state index in [2.05, 4.69) is 10.3 Å². The smallest absolute Gasteiger partial charge is 0.215 e. The molecular formula is C13H13F2N3O. The average molecular weight is 265 g/mol. The molecule has 0 amide bonds. The molecule has 0 saturated carbocycles. The molecule has 6 heteroatoms. The molecule has 0 bridgehead atoms. The predicted molar refractivity (Wildman–Crippen MR) is 68.9 cm³/mol. The minimum atomic E-state index is -0.617. The number of ether oxygens (including phenoxy) is 1. The Labute approximate surface area is 109 Å². The van der Waals surface area contributed by atoms with Crippen molar-refractivity contribution in [2.24, 2.45) is 0 Å². The third-order valence-electron chi connectivity index (χ3n) is 2.57. The van der Waals surface area contributed by atoms with Crippen LogP contribution in [0.2, 0.25) is 0 Å². The lowest BCUT2D eigenvalue weighted by Crippen LogP contribution is -2.06. The first-order valence-corrected chi connectivity index (χ1v) is 5.58. The van der Waals surface area contributed by atoms with Crippen molar-refractivity contribution in [2.45, 2.75) is 6.54 Å². The third-order valence-corrected chi connectivity index (χ3v) is 2.57. The van der Waals surface area contributed by atoms with Crippen molar-refractivity contribution in [1.29, 1.82) is 0 Å². The van der Waals surface area contributed by atoms with E-state index in [-0.39, 0.29) is 6.54 Å². The summed E-state index contributed by atoms with van der Waals surface area (Å²) in [6.45, 7) is 0.149. The maximum atomic E-state index is 13.4. The van der Waals surface area contributed by atoms with Crippen LogP contribution in [0.1, 0.15) is 5.56 Å². The highest BCUT2D eigenvalue weighted by atomic mass is 19.1. The number of nitrogens with zero attached hydrogens (tertiary/aromatic N) is 1. The summed E-state index contributed by atoms with van der Waals surface area (Å²) < 4.78 is 31.2. The van der Waals surface area contributed by atoms with Crippen LogP contribution < -0.4 is 15.8 Å². The molecule has 3 N–H and O–H groups in total. The van der Waals surface area contributed by atoms with Gasteiger partial charge >= 0.3 is 0 Å². The van der Waals surface area contributed by atoms with Gasteiger partial charge in [0, 0.05) is 24.2 Å². The van der Waals surface area contributed by atoms with Gasteiger partial charge in [0.2, 0.25) is 5.88 Å². The van der Waals surface area contributed by atoms with Crippen LogP contribution in [0.3, 0.4) is 0 Å². The van der Waals surface area contributed by atoms with Crippen LogP contribution in [0, 0.1) is 11.6 Å². The van der Waals surface area contributed by atoms with Gasteiger partial charge < -0.3 is 15.8 Å². The number of anilines is 2. The van der Waals surface area contributed by atoms with E-state index < -0.39 is 11.6 Å². The Hall–Kier alpha value is -2.37. The van der Waals surface area contributed by atoms with Crippen LogP contribution >= 0.6 is 0 Å². The molecule has 2 rings (SSSR count). The highest BCUT2D eigenvalue weighted by Crippen LogP contribution is 2.20. The van der Waals surface area contributed by atoms with Gasteiger partial charge in [-0.15, -0.1) is 0 Å². The Morgan fingerprint density at radius 3 is 2.74 bits per heavy atom. The summed E-state index contributed by atoms with van der Waals surface area (Å²) in [7, 11) is 1.49. The molecule has 0 fully saturated rings. The van der Waals surface area contributed by atoms with E-state index in [1.54, 1.807) is 12.1 Å². The second-order valence-electron chi connectivity index (χ2n) is 3.88. The molecule has 0 aliphatic carbocycles. The molecule has 0 atom stereocenters. The lowest BCUT2D eigenvalue weighted by Gasteiger charge is -2.10. The summed E-state index contributed by atoms with van der Waals surface area (Å²) >= 11 is 0. The number of hydrogen-bond donors (Lipinski definition) is 2. The van der Waals surface area contributed by atoms with Crippen LogP contribution in [0.25, 0.3) is 0 Å². The second-order valence-corrected chi connectivity index (χ2v) is 3.88. The van der Waals surface area contributed by atoms with E-state index in [0.717, 1.165) is 6.07 Å². The van der Waals surface area contributed by atoms with Crippen molar-refractivity contribution in [3.05, 3.63) is 47.5 Å². The van der Waals surface area contributed by atoms with Gasteiger partial charge in [0.1, 0.15) is 11.6 Å². The quantitative estimate of drug-likeness (QED) is 0.892. The van der Waals surface area contributed by atoms with Gasteiger partial charge in [-0.2, -0.15) is 4.98 Å². The summed E-state index contributed by atoms with van der Waals surface area (Å²) in [6, 6.07) is 6.66. The number of nitrogens with two attached hydrogens (primary N) is 1. The number of methoxy groups -OCH3 is 1. The standard InChI is InChI=1S/C13H13F2N3O/c1-19-12-5-4-11(16)13(18-12)17-7-8-2-3-9(14)6-10(8)15/h2-6H,7,16H2,1H3,(H,17,18). The molecule has 0 saturated heterocycles. The molecule has 0 aliphatic rings. The summed E-state index contributed by atoms with van der Waals surface area (Å²) in [4.78, 5) is 4.10. The van der Waals surface area contributed by atoms with Gasteiger partial charge in [-0.05, 0) is 12.1 Å². The third kappa shape index (κ3) is 3.09. The zero-order chi connectivity index (χ0) is 13.8. The first-order valence-electron chi connectivity index (χ1n) is 5.58. The van der Waals surface area contributed by atoms with Crippen molar-refractivity contribution in [3.63, 3.8) is 0 Å². The van der Waals surface area contributed by atoms with Crippen molar-refractivity contribution in [2.75, 3.05) is 18.2 Å². The highest BCUT2D eigenvalue weighted by Gasteiger charge is 2.06. The molecule has 19 heavy (non-hydrogen) atoms. The van der Waals surface area contributed by atoms with E-state index >= 15 is 0 Å². The Balaban J connectivity index is 2.14. The van der Waals surface area contributed by atoms with E-state index in [1.807, 2.05) is 0 Å². The minimum absolute atomic E-state index is 0.149. The van der Waals surface area contributed by atoms with Gasteiger partial charge in [-0.3, -0.25) is 0 Å². The summed E-state index contributed by atoms with van der Waals surface area (Å²) in [6.07, 6.45) is 0. The Kier molecular flexibility index (Phi) is 3.79. The maximum Gasteiger partial charge on any atom is 0.215 e. The fourth-order valence-corrected chi connectivity index (χ4v) is 1.55. The van der Waals surface area contributed by atoms with Crippen LogP contribution in [0.5, 0.6) is 5.88 Å². The Bertz CT molecular complexity index is 590. The SMILES string of the molecule is COc1ccc(N)c(NCc2ccc(F)cc2F)n1. The molecule has 0 unspecified atom stereocenters. The lowest BCUT2D eigenvalue weighted by atomic mass is 10.2. The first-order chi connectivity index (χ1) is 9.10. The second kappa shape index (κ2) is 5.51. The molecule has 2 aromatic rings. The van der Waals surface area contributed by atoms with Crippen LogP contribution in [-0.4, -0.2) is 12.1 Å². The van der Waals surface area contributed by atoms with E-state index in [4.69, 9.17) is 10.5 Å². The minimum Gasteiger partial charge on any atom is -0.481 e. The summed E-state index contributed by atoms with van der Waals surface area (Å²) in [5.41, 5.74) is 6.48. The monoisotopic (exact) mass is 265 g/mol. The molecule has 0 radical (unpaired) electrons. The van der Waals surface area contributed by atoms with Crippen LogP contribution in [0.4, 0.5) is 20.3 Å². The first kappa shape index (κ1) is 13.1. The number of halogens is 2. The number of benzene rings is 1.